The first-order valence-electron chi connectivity index (χ1n) is 16.5. The summed E-state index contributed by atoms with van der Waals surface area (Å²) in [6.07, 6.45) is 9.77. The van der Waals surface area contributed by atoms with Gasteiger partial charge in [0.1, 0.15) is 11.6 Å². The number of aliphatic hydroxyl groups excluding tert-OH is 1. The SMILES string of the molecule is CCCCN1C(=O)[C@@H]([C@H](O)C2CCCCC2)NC(=O)C12CCN(C(c1c(C)n[nH]c1C)C1CCN(S(C)(=O)=O)CC1)CC2. The van der Waals surface area contributed by atoms with Gasteiger partial charge in [0.25, 0.3) is 0 Å². The van der Waals surface area contributed by atoms with E-state index in [4.69, 9.17) is 0 Å². The molecule has 4 aliphatic rings. The number of sulfonamides is 1. The van der Waals surface area contributed by atoms with Gasteiger partial charge in [0.2, 0.25) is 21.8 Å². The third kappa shape index (κ3) is 6.39. The van der Waals surface area contributed by atoms with Gasteiger partial charge < -0.3 is 15.3 Å². The summed E-state index contributed by atoms with van der Waals surface area (Å²) in [5.41, 5.74) is 2.21. The Labute approximate surface area is 257 Å². The smallest absolute Gasteiger partial charge is 0.248 e. The van der Waals surface area contributed by atoms with Crippen LogP contribution in [0.4, 0.5) is 0 Å². The van der Waals surface area contributed by atoms with E-state index in [1.807, 2.05) is 18.7 Å². The van der Waals surface area contributed by atoms with Gasteiger partial charge in [-0.1, -0.05) is 32.6 Å². The standard InChI is InChI=1S/C31H52N6O5S/c1-5-6-16-37-29(39)26(28(38)24-10-8-7-9-11-24)32-30(40)31(37)14-19-35(20-15-31)27(25-21(2)33-34-22(25)3)23-12-17-36(18-13-23)43(4,41)42/h23-24,26-28,38H,5-20H2,1-4H3,(H,32,40)(H,33,34)/t26-,27?,28-/m1/s1. The number of piperidine rings is 2. The number of carbonyl (C=O) groups excluding carboxylic acids is 2. The average Bonchev–Trinajstić information content (AvgIpc) is 3.33. The molecule has 1 saturated carbocycles. The minimum Gasteiger partial charge on any atom is -0.390 e. The molecule has 4 heterocycles. The monoisotopic (exact) mass is 620 g/mol. The highest BCUT2D eigenvalue weighted by atomic mass is 32.2. The lowest BCUT2D eigenvalue weighted by molar-refractivity contribution is -0.166. The van der Waals surface area contributed by atoms with Gasteiger partial charge in [-0.25, -0.2) is 12.7 Å². The molecule has 1 aromatic heterocycles. The van der Waals surface area contributed by atoms with E-state index in [9.17, 15) is 23.1 Å². The zero-order valence-corrected chi connectivity index (χ0v) is 27.3. The number of aryl methyl sites for hydroxylation is 2. The molecule has 1 aliphatic carbocycles. The number of amides is 2. The number of nitrogens with one attached hydrogen (secondary N) is 2. The highest BCUT2D eigenvalue weighted by molar-refractivity contribution is 7.88. The predicted octanol–water partition coefficient (Wildman–Crippen LogP) is 2.64. The summed E-state index contributed by atoms with van der Waals surface area (Å²) in [7, 11) is -3.23. The molecule has 242 valence electrons. The molecular formula is C31H52N6O5S. The predicted molar refractivity (Wildman–Crippen MR) is 165 cm³/mol. The lowest BCUT2D eigenvalue weighted by Crippen LogP contribution is -2.75. The second-order valence-electron chi connectivity index (χ2n) is 13.5. The van der Waals surface area contributed by atoms with Crippen LogP contribution in [-0.2, 0) is 19.6 Å². The van der Waals surface area contributed by atoms with E-state index in [1.54, 1.807) is 4.31 Å². The van der Waals surface area contributed by atoms with E-state index in [0.29, 0.717) is 45.6 Å². The Hall–Kier alpha value is -2.02. The Bertz CT molecular complexity index is 1230. The van der Waals surface area contributed by atoms with Crippen LogP contribution in [0.3, 0.4) is 0 Å². The molecule has 1 unspecified atom stereocenters. The third-order valence-electron chi connectivity index (χ3n) is 10.9. The zero-order valence-electron chi connectivity index (χ0n) is 26.5. The molecule has 43 heavy (non-hydrogen) atoms. The summed E-state index contributed by atoms with van der Waals surface area (Å²) < 4.78 is 26.0. The lowest BCUT2D eigenvalue weighted by atomic mass is 9.76. The fraction of sp³-hybridized carbons (Fsp3) is 0.839. The van der Waals surface area contributed by atoms with Gasteiger partial charge in [0, 0.05) is 50.0 Å². The van der Waals surface area contributed by atoms with Crippen LogP contribution >= 0.6 is 0 Å². The van der Waals surface area contributed by atoms with Crippen LogP contribution in [0, 0.1) is 25.7 Å². The van der Waals surface area contributed by atoms with Gasteiger partial charge in [-0.15, -0.1) is 0 Å². The molecular weight excluding hydrogens is 568 g/mol. The zero-order chi connectivity index (χ0) is 30.9. The van der Waals surface area contributed by atoms with E-state index in [-0.39, 0.29) is 29.7 Å². The molecule has 4 fully saturated rings. The first-order chi connectivity index (χ1) is 20.5. The molecule has 3 N–H and O–H groups in total. The first kappa shape index (κ1) is 32.4. The maximum Gasteiger partial charge on any atom is 0.248 e. The fourth-order valence-electron chi connectivity index (χ4n) is 8.36. The fourth-order valence-corrected chi connectivity index (χ4v) is 9.24. The molecule has 1 aromatic rings. The number of aromatic amines is 1. The van der Waals surface area contributed by atoms with E-state index < -0.39 is 27.7 Å². The van der Waals surface area contributed by atoms with E-state index in [2.05, 4.69) is 27.3 Å². The quantitative estimate of drug-likeness (QED) is 0.386. The van der Waals surface area contributed by atoms with Crippen molar-refractivity contribution in [2.75, 3.05) is 39.0 Å². The Morgan fingerprint density at radius 2 is 1.65 bits per heavy atom. The first-order valence-corrected chi connectivity index (χ1v) is 18.3. The van der Waals surface area contributed by atoms with Crippen LogP contribution in [-0.4, -0.2) is 106 Å². The largest absolute Gasteiger partial charge is 0.390 e. The van der Waals surface area contributed by atoms with Crippen molar-refractivity contribution in [1.82, 2.24) is 29.6 Å². The van der Waals surface area contributed by atoms with Crippen molar-refractivity contribution in [3.05, 3.63) is 17.0 Å². The minimum atomic E-state index is -3.23. The van der Waals surface area contributed by atoms with E-state index >= 15 is 0 Å². The molecule has 5 rings (SSSR count). The number of hydrogen-bond donors (Lipinski definition) is 3. The molecule has 0 bridgehead atoms. The van der Waals surface area contributed by atoms with Crippen LogP contribution in [0.1, 0.15) is 101 Å². The van der Waals surface area contributed by atoms with Crippen molar-refractivity contribution < 1.29 is 23.1 Å². The van der Waals surface area contributed by atoms with E-state index in [0.717, 1.165) is 74.7 Å². The number of unbranched alkanes of at least 4 members (excludes halogenated alkanes) is 1. The summed E-state index contributed by atoms with van der Waals surface area (Å²) in [6, 6.07) is -0.828. The molecule has 11 nitrogen and oxygen atoms in total. The van der Waals surface area contributed by atoms with Crippen molar-refractivity contribution in [3.63, 3.8) is 0 Å². The number of hydrogen-bond acceptors (Lipinski definition) is 7. The van der Waals surface area contributed by atoms with Crippen LogP contribution in [0.2, 0.25) is 0 Å². The van der Waals surface area contributed by atoms with Crippen LogP contribution in [0.5, 0.6) is 0 Å². The summed E-state index contributed by atoms with van der Waals surface area (Å²) in [6.45, 7) is 8.94. The van der Waals surface area contributed by atoms with Crippen LogP contribution in [0.25, 0.3) is 0 Å². The average molecular weight is 621 g/mol. The van der Waals surface area contributed by atoms with Gasteiger partial charge in [-0.3, -0.25) is 19.6 Å². The lowest BCUT2D eigenvalue weighted by Gasteiger charge is -2.54. The van der Waals surface area contributed by atoms with Crippen LogP contribution in [0.15, 0.2) is 0 Å². The highest BCUT2D eigenvalue weighted by Gasteiger charge is 2.56. The normalized spacial score (nSPS) is 26.5. The number of likely N-dealkylation sites (tertiary alicyclic amines) is 1. The molecule has 0 aromatic carbocycles. The topological polar surface area (TPSA) is 139 Å². The molecule has 0 radical (unpaired) electrons. The third-order valence-corrected chi connectivity index (χ3v) is 12.2. The van der Waals surface area contributed by atoms with Gasteiger partial charge >= 0.3 is 0 Å². The maximum absolute atomic E-state index is 14.1. The van der Waals surface area contributed by atoms with Gasteiger partial charge in [-0.2, -0.15) is 5.10 Å². The van der Waals surface area contributed by atoms with Crippen molar-refractivity contribution in [3.8, 4) is 0 Å². The number of H-pyrrole nitrogens is 1. The molecule has 12 heteroatoms. The Morgan fingerprint density at radius 3 is 2.21 bits per heavy atom. The maximum atomic E-state index is 14.1. The van der Waals surface area contributed by atoms with Crippen molar-refractivity contribution in [2.24, 2.45) is 11.8 Å². The number of carbonyl (C=O) groups is 2. The van der Waals surface area contributed by atoms with Crippen LogP contribution < -0.4 is 5.32 Å². The molecule has 1 spiro atoms. The second kappa shape index (κ2) is 13.1. The molecule has 3 aliphatic heterocycles. The van der Waals surface area contributed by atoms with Gasteiger partial charge in [-0.05, 0) is 70.6 Å². The van der Waals surface area contributed by atoms with E-state index in [1.165, 1.54) is 6.26 Å². The Balaban J connectivity index is 1.37. The number of aliphatic hydroxyl groups is 1. The number of piperazine rings is 1. The summed E-state index contributed by atoms with van der Waals surface area (Å²) in [5, 5.41) is 22.0. The summed E-state index contributed by atoms with van der Waals surface area (Å²) in [4.78, 5) is 32.3. The van der Waals surface area contributed by atoms with Crippen molar-refractivity contribution in [1.29, 1.82) is 0 Å². The summed E-state index contributed by atoms with van der Waals surface area (Å²) in [5.74, 6) is 0.0282. The Kier molecular flexibility index (Phi) is 9.90. The molecule has 2 amide bonds. The Morgan fingerprint density at radius 1 is 1.00 bits per heavy atom. The highest BCUT2D eigenvalue weighted by Crippen LogP contribution is 2.43. The van der Waals surface area contributed by atoms with Crippen molar-refractivity contribution in [2.45, 2.75) is 115 Å². The summed E-state index contributed by atoms with van der Waals surface area (Å²) >= 11 is 0. The van der Waals surface area contributed by atoms with Gasteiger partial charge in [0.15, 0.2) is 0 Å². The second-order valence-corrected chi connectivity index (χ2v) is 15.5. The number of nitrogens with zero attached hydrogens (tertiary/aromatic N) is 4. The molecule has 3 atom stereocenters. The number of rotatable bonds is 9. The van der Waals surface area contributed by atoms with Gasteiger partial charge in [0.05, 0.1) is 18.1 Å². The minimum absolute atomic E-state index is 0.0447. The number of aromatic nitrogens is 2. The van der Waals surface area contributed by atoms with Crippen molar-refractivity contribution >= 4 is 21.8 Å². The molecule has 3 saturated heterocycles.